The first-order chi connectivity index (χ1) is 7.29. The summed E-state index contributed by atoms with van der Waals surface area (Å²) in [6, 6.07) is 1.99. The predicted molar refractivity (Wildman–Crippen MR) is 56.8 cm³/mol. The minimum absolute atomic E-state index is 0.446. The van der Waals surface area contributed by atoms with E-state index in [1.807, 2.05) is 16.8 Å². The largest absolute Gasteiger partial charge is 0.233 e. The van der Waals surface area contributed by atoms with Gasteiger partial charge in [0, 0.05) is 17.7 Å². The molecule has 1 atom stereocenters. The molecule has 1 saturated carbocycles. The average molecular weight is 199 g/mol. The van der Waals surface area contributed by atoms with E-state index < -0.39 is 0 Å². The van der Waals surface area contributed by atoms with E-state index in [-0.39, 0.29) is 0 Å². The van der Waals surface area contributed by atoms with Crippen LogP contribution in [-0.2, 0) is 11.8 Å². The van der Waals surface area contributed by atoms with Crippen molar-refractivity contribution in [3.8, 4) is 0 Å². The Hall–Kier alpha value is -1.38. The van der Waals surface area contributed by atoms with Gasteiger partial charge in [-0.1, -0.05) is 6.92 Å². The summed E-state index contributed by atoms with van der Waals surface area (Å²) in [6.07, 6.45) is 7.83. The molecule has 2 aliphatic rings. The highest BCUT2D eigenvalue weighted by Gasteiger charge is 2.54. The predicted octanol–water partition coefficient (Wildman–Crippen LogP) is 1.95. The fraction of sp³-hybridized carbons (Fsp3) is 0.500. The zero-order chi connectivity index (χ0) is 10.0. The number of nitrogens with zero attached hydrogens (tertiary/aromatic N) is 3. The molecule has 4 rings (SSSR count). The van der Waals surface area contributed by atoms with E-state index in [0.29, 0.717) is 5.41 Å². The molecule has 3 heteroatoms. The second-order valence-electron chi connectivity index (χ2n) is 5.01. The fourth-order valence-corrected chi connectivity index (χ4v) is 3.09. The number of rotatable bonds is 0. The minimum Gasteiger partial charge on any atom is -0.233 e. The number of hydrogen-bond donors (Lipinski definition) is 0. The lowest BCUT2D eigenvalue weighted by Gasteiger charge is -2.12. The van der Waals surface area contributed by atoms with Crippen molar-refractivity contribution >= 4 is 5.65 Å². The van der Waals surface area contributed by atoms with E-state index in [9.17, 15) is 0 Å². The molecule has 15 heavy (non-hydrogen) atoms. The molecule has 0 bridgehead atoms. The lowest BCUT2D eigenvalue weighted by Crippen LogP contribution is -2.12. The molecule has 2 aliphatic carbocycles. The first-order valence-electron chi connectivity index (χ1n) is 5.63. The Morgan fingerprint density at radius 3 is 3.13 bits per heavy atom. The molecule has 76 valence electrons. The molecule has 3 nitrogen and oxygen atoms in total. The van der Waals surface area contributed by atoms with Crippen LogP contribution in [0.1, 0.15) is 31.0 Å². The molecule has 0 saturated heterocycles. The molecule has 1 spiro atoms. The van der Waals surface area contributed by atoms with E-state index in [0.717, 1.165) is 11.6 Å². The summed E-state index contributed by atoms with van der Waals surface area (Å²) >= 11 is 0. The Morgan fingerprint density at radius 1 is 1.47 bits per heavy atom. The summed E-state index contributed by atoms with van der Waals surface area (Å²) < 4.78 is 1.90. The van der Waals surface area contributed by atoms with E-state index in [2.05, 4.69) is 18.2 Å². The first-order valence-corrected chi connectivity index (χ1v) is 5.63. The van der Waals surface area contributed by atoms with Crippen LogP contribution in [0, 0.1) is 5.92 Å². The molecule has 0 N–H and O–H groups in total. The molecule has 0 aromatic carbocycles. The van der Waals surface area contributed by atoms with Gasteiger partial charge in [0.25, 0.3) is 0 Å². The molecule has 1 fully saturated rings. The zero-order valence-corrected chi connectivity index (χ0v) is 8.77. The maximum Gasteiger partial charge on any atom is 0.155 e. The van der Waals surface area contributed by atoms with Gasteiger partial charge < -0.3 is 0 Å². The van der Waals surface area contributed by atoms with Gasteiger partial charge in [-0.3, -0.25) is 0 Å². The topological polar surface area (TPSA) is 30.2 Å². The molecule has 0 aliphatic heterocycles. The summed E-state index contributed by atoms with van der Waals surface area (Å²) in [6.45, 7) is 2.36. The second-order valence-corrected chi connectivity index (χ2v) is 5.01. The molecule has 0 radical (unpaired) electrons. The van der Waals surface area contributed by atoms with Crippen molar-refractivity contribution in [2.75, 3.05) is 0 Å². The van der Waals surface area contributed by atoms with Gasteiger partial charge in [-0.2, -0.15) is 5.10 Å². The van der Waals surface area contributed by atoms with Crippen LogP contribution in [0.15, 0.2) is 18.5 Å². The lowest BCUT2D eigenvalue weighted by molar-refractivity contribution is 0.476. The number of aromatic nitrogens is 3. The van der Waals surface area contributed by atoms with Crippen LogP contribution in [0.5, 0.6) is 0 Å². The highest BCUT2D eigenvalue weighted by atomic mass is 15.2. The SMILES string of the molecule is CC1Cc2cn3nccc3nc2C12CC2. The number of hydrogen-bond acceptors (Lipinski definition) is 2. The van der Waals surface area contributed by atoms with Crippen LogP contribution in [0.25, 0.3) is 5.65 Å². The van der Waals surface area contributed by atoms with Gasteiger partial charge in [-0.25, -0.2) is 9.50 Å². The van der Waals surface area contributed by atoms with Crippen LogP contribution in [-0.4, -0.2) is 14.6 Å². The van der Waals surface area contributed by atoms with Crippen molar-refractivity contribution in [2.45, 2.75) is 31.6 Å². The Labute approximate surface area is 88.1 Å². The van der Waals surface area contributed by atoms with Gasteiger partial charge >= 0.3 is 0 Å². The maximum atomic E-state index is 4.78. The van der Waals surface area contributed by atoms with Crippen molar-refractivity contribution in [3.63, 3.8) is 0 Å². The third-order valence-electron chi connectivity index (χ3n) is 4.19. The summed E-state index contributed by atoms with van der Waals surface area (Å²) in [5, 5.41) is 4.24. The van der Waals surface area contributed by atoms with Gasteiger partial charge in [0.15, 0.2) is 5.65 Å². The van der Waals surface area contributed by atoms with Crippen LogP contribution < -0.4 is 0 Å². The fourth-order valence-electron chi connectivity index (χ4n) is 3.09. The van der Waals surface area contributed by atoms with Crippen molar-refractivity contribution in [3.05, 3.63) is 29.7 Å². The van der Waals surface area contributed by atoms with Crippen LogP contribution in [0.2, 0.25) is 0 Å². The monoisotopic (exact) mass is 199 g/mol. The van der Waals surface area contributed by atoms with Gasteiger partial charge in [0.1, 0.15) is 0 Å². The molecule has 2 aromatic rings. The third kappa shape index (κ3) is 0.822. The molecular formula is C12H13N3. The van der Waals surface area contributed by atoms with Gasteiger partial charge in [-0.15, -0.1) is 0 Å². The molecular weight excluding hydrogens is 186 g/mol. The standard InChI is InChI=1S/C12H13N3/c1-8-6-9-7-15-10(2-5-13-15)14-11(9)12(8)3-4-12/h2,5,7-8H,3-4,6H2,1H3. The quantitative estimate of drug-likeness (QED) is 0.649. The highest BCUT2D eigenvalue weighted by molar-refractivity contribution is 5.46. The lowest BCUT2D eigenvalue weighted by atomic mass is 9.94. The average Bonchev–Trinajstić information content (AvgIpc) is 2.83. The summed E-state index contributed by atoms with van der Waals surface area (Å²) in [4.78, 5) is 4.78. The van der Waals surface area contributed by atoms with Crippen LogP contribution >= 0.6 is 0 Å². The molecule has 2 heterocycles. The highest BCUT2D eigenvalue weighted by Crippen LogP contribution is 2.58. The van der Waals surface area contributed by atoms with Crippen molar-refractivity contribution in [2.24, 2.45) is 5.92 Å². The summed E-state index contributed by atoms with van der Waals surface area (Å²) in [7, 11) is 0. The minimum atomic E-state index is 0.446. The Bertz CT molecular complexity index is 551. The summed E-state index contributed by atoms with van der Waals surface area (Å²) in [5.41, 5.74) is 4.22. The van der Waals surface area contributed by atoms with E-state index >= 15 is 0 Å². The van der Waals surface area contributed by atoms with Gasteiger partial charge in [0.05, 0.1) is 11.9 Å². The van der Waals surface area contributed by atoms with E-state index in [1.54, 1.807) is 0 Å². The molecule has 1 unspecified atom stereocenters. The van der Waals surface area contributed by atoms with E-state index in [4.69, 9.17) is 4.98 Å². The smallest absolute Gasteiger partial charge is 0.155 e. The second kappa shape index (κ2) is 2.23. The van der Waals surface area contributed by atoms with Crippen LogP contribution in [0.4, 0.5) is 0 Å². The first kappa shape index (κ1) is 7.85. The van der Waals surface area contributed by atoms with Crippen molar-refractivity contribution < 1.29 is 0 Å². The maximum absolute atomic E-state index is 4.78. The van der Waals surface area contributed by atoms with Crippen LogP contribution in [0.3, 0.4) is 0 Å². The van der Waals surface area contributed by atoms with E-state index in [1.165, 1.54) is 30.5 Å². The summed E-state index contributed by atoms with van der Waals surface area (Å²) in [5.74, 6) is 0.770. The normalized spacial score (nSPS) is 26.1. The van der Waals surface area contributed by atoms with Crippen molar-refractivity contribution in [1.29, 1.82) is 0 Å². The Morgan fingerprint density at radius 2 is 2.33 bits per heavy atom. The Kier molecular flexibility index (Phi) is 1.17. The zero-order valence-electron chi connectivity index (χ0n) is 8.77. The number of fused-ring (bicyclic) bond motifs is 3. The van der Waals surface area contributed by atoms with Crippen molar-refractivity contribution in [1.82, 2.24) is 14.6 Å². The third-order valence-corrected chi connectivity index (χ3v) is 4.19. The van der Waals surface area contributed by atoms with Gasteiger partial charge in [0.2, 0.25) is 0 Å². The molecule has 2 aromatic heterocycles. The Balaban J connectivity index is 2.04. The molecule has 0 amide bonds. The van der Waals surface area contributed by atoms with Gasteiger partial charge in [-0.05, 0) is 30.7 Å².